The van der Waals surface area contributed by atoms with E-state index in [1.165, 1.54) is 0 Å². The highest BCUT2D eigenvalue weighted by Crippen LogP contribution is 2.41. The summed E-state index contributed by atoms with van der Waals surface area (Å²) in [6.07, 6.45) is 5.15. The lowest BCUT2D eigenvalue weighted by Gasteiger charge is -2.18. The van der Waals surface area contributed by atoms with Gasteiger partial charge in [0.2, 0.25) is 0 Å². The molecule has 4 heterocycles. The van der Waals surface area contributed by atoms with Crippen molar-refractivity contribution in [1.29, 1.82) is 0 Å². The van der Waals surface area contributed by atoms with Crippen molar-refractivity contribution in [3.05, 3.63) is 22.1 Å². The van der Waals surface area contributed by atoms with E-state index in [9.17, 15) is 9.59 Å². The molecular weight excluding hydrogens is 632 g/mol. The summed E-state index contributed by atoms with van der Waals surface area (Å²) in [5.74, 6) is -0.195. The number of thiazole rings is 2. The molecule has 0 amide bonds. The number of rotatable bonds is 11. The number of hydrogen-bond acceptors (Lipinski definition) is 8. The van der Waals surface area contributed by atoms with Crippen molar-refractivity contribution in [2.45, 2.75) is 77.4 Å². The lowest BCUT2D eigenvalue weighted by molar-refractivity contribution is -0.385. The van der Waals surface area contributed by atoms with Crippen LogP contribution in [0.5, 0.6) is 0 Å². The summed E-state index contributed by atoms with van der Waals surface area (Å²) >= 11 is 3.16. The molecule has 8 nitrogen and oxygen atoms in total. The van der Waals surface area contributed by atoms with Crippen molar-refractivity contribution in [3.63, 3.8) is 0 Å². The van der Waals surface area contributed by atoms with Crippen molar-refractivity contribution in [2.24, 2.45) is 11.8 Å². The van der Waals surface area contributed by atoms with Crippen LogP contribution in [0.2, 0.25) is 0 Å². The Bertz CT molecular complexity index is 955. The second-order valence-corrected chi connectivity index (χ2v) is 11.5. The number of H-pyrrole nitrogens is 2. The third-order valence-electron chi connectivity index (χ3n) is 6.79. The molecule has 0 aliphatic carbocycles. The first-order valence-corrected chi connectivity index (χ1v) is 14.0. The van der Waals surface area contributed by atoms with Crippen molar-refractivity contribution in [3.8, 4) is 0 Å². The van der Waals surface area contributed by atoms with Crippen molar-refractivity contribution >= 4 is 44.9 Å². The minimum absolute atomic E-state index is 0. The molecular formula is C24H36Br2N4O4S2. The molecule has 36 heavy (non-hydrogen) atoms. The van der Waals surface area contributed by atoms with Gasteiger partial charge < -0.3 is 43.4 Å². The van der Waals surface area contributed by atoms with Crippen molar-refractivity contribution < 1.29 is 63.0 Å². The van der Waals surface area contributed by atoms with Gasteiger partial charge in [-0.25, -0.2) is 9.97 Å². The Hall–Kier alpha value is -1.24. The maximum atomic E-state index is 12.2. The van der Waals surface area contributed by atoms with Crippen LogP contribution in [-0.4, -0.2) is 25.0 Å². The summed E-state index contributed by atoms with van der Waals surface area (Å²) in [7, 11) is 0. The van der Waals surface area contributed by atoms with E-state index in [4.69, 9.17) is 9.47 Å². The number of nitrogens with one attached hydrogen (secondary N) is 4. The van der Waals surface area contributed by atoms with Gasteiger partial charge in [0.25, 0.3) is 0 Å². The number of halogens is 2. The van der Waals surface area contributed by atoms with Crippen LogP contribution in [0, 0.1) is 11.8 Å². The van der Waals surface area contributed by atoms with E-state index < -0.39 is 11.2 Å². The second-order valence-electron chi connectivity index (χ2n) is 9.74. The summed E-state index contributed by atoms with van der Waals surface area (Å²) in [6, 6.07) is 0. The molecule has 2 fully saturated rings. The Balaban J connectivity index is 0.00000228. The molecule has 0 bridgehead atoms. The summed E-state index contributed by atoms with van der Waals surface area (Å²) in [6.45, 7) is 9.60. The maximum absolute atomic E-state index is 12.2. The van der Waals surface area contributed by atoms with Crippen LogP contribution in [0.4, 0.5) is 10.3 Å². The highest BCUT2D eigenvalue weighted by molar-refractivity contribution is 7.13. The van der Waals surface area contributed by atoms with Crippen LogP contribution in [0.25, 0.3) is 0 Å². The first-order chi connectivity index (χ1) is 16.3. The molecule has 2 saturated heterocycles. The number of hydrogen-bond donors (Lipinski definition) is 2. The highest BCUT2D eigenvalue weighted by atomic mass is 79.9. The number of cyclic esters (lactones) is 2. The van der Waals surface area contributed by atoms with Crippen LogP contribution < -0.4 is 54.6 Å². The number of esters is 2. The van der Waals surface area contributed by atoms with Gasteiger partial charge in [0, 0.05) is 23.6 Å². The summed E-state index contributed by atoms with van der Waals surface area (Å²) < 4.78 is 11.5. The molecule has 4 rings (SSSR count). The SMILES string of the molecule is CCCC1CC(C)(c2csc(NCCNc3[nH+]c(C4(C)CC(CCC)C(=O)O4)cs3)[nH+]2)OC1=O.[Br-].[Br-]. The molecule has 0 radical (unpaired) electrons. The molecule has 2 aliphatic rings. The third-order valence-corrected chi connectivity index (χ3v) is 8.46. The highest BCUT2D eigenvalue weighted by Gasteiger charge is 2.48. The quantitative estimate of drug-likeness (QED) is 0.215. The van der Waals surface area contributed by atoms with Crippen LogP contribution in [0.15, 0.2) is 10.8 Å². The first kappa shape index (κ1) is 31.0. The van der Waals surface area contributed by atoms with E-state index in [1.807, 2.05) is 24.6 Å². The molecule has 202 valence electrons. The average molecular weight is 669 g/mol. The Morgan fingerprint density at radius 3 is 1.58 bits per heavy atom. The number of ether oxygens (including phenoxy) is 2. The molecule has 4 unspecified atom stereocenters. The fourth-order valence-corrected chi connectivity index (χ4v) is 6.70. The van der Waals surface area contributed by atoms with Crippen LogP contribution in [0.1, 0.15) is 77.6 Å². The smallest absolute Gasteiger partial charge is 0.332 e. The van der Waals surface area contributed by atoms with Crippen LogP contribution in [0.3, 0.4) is 0 Å². The van der Waals surface area contributed by atoms with Crippen LogP contribution >= 0.6 is 22.7 Å². The Kier molecular flexibility index (Phi) is 11.2. The van der Waals surface area contributed by atoms with E-state index in [-0.39, 0.29) is 57.7 Å². The monoisotopic (exact) mass is 666 g/mol. The number of anilines is 2. The lowest BCUT2D eigenvalue weighted by atomic mass is 9.91. The third kappa shape index (κ3) is 6.79. The fourth-order valence-electron chi connectivity index (χ4n) is 4.90. The Morgan fingerprint density at radius 1 is 0.833 bits per heavy atom. The average Bonchev–Trinajstić information content (AvgIpc) is 3.55. The maximum Gasteiger partial charge on any atom is 0.332 e. The molecule has 0 saturated carbocycles. The standard InChI is InChI=1S/C24H34N4O4S2.2BrH/c1-5-7-15-11-23(3,31-19(15)29)17-13-33-21(27-17)25-9-10-26-22-28-18(14-34-22)24(4)12-16(8-6-2)20(30)32-24;;/h13-16H,5-12H2,1-4H3,(H,25,27)(H,26,28);2*1H. The summed E-state index contributed by atoms with van der Waals surface area (Å²) in [5, 5.41) is 12.7. The van der Waals surface area contributed by atoms with Gasteiger partial charge in [-0.15, -0.1) is 0 Å². The molecule has 2 aromatic heterocycles. The number of aromatic nitrogens is 2. The zero-order chi connectivity index (χ0) is 24.3. The molecule has 0 aromatic carbocycles. The minimum atomic E-state index is -0.579. The molecule has 4 atom stereocenters. The van der Waals surface area contributed by atoms with Gasteiger partial charge in [0.05, 0.1) is 11.8 Å². The van der Waals surface area contributed by atoms with Crippen molar-refractivity contribution in [1.82, 2.24) is 0 Å². The van der Waals surface area contributed by atoms with Gasteiger partial charge >= 0.3 is 22.2 Å². The first-order valence-electron chi connectivity index (χ1n) is 12.2. The minimum Gasteiger partial charge on any atom is -1.00 e. The number of aromatic amines is 2. The fraction of sp³-hybridized carbons (Fsp3) is 0.667. The molecule has 12 heteroatoms. The van der Waals surface area contributed by atoms with E-state index in [0.29, 0.717) is 0 Å². The lowest BCUT2D eigenvalue weighted by Crippen LogP contribution is -3.00. The number of carbonyl (C=O) groups is 2. The summed E-state index contributed by atoms with van der Waals surface area (Å²) in [4.78, 5) is 31.2. The molecule has 0 spiro atoms. The topological polar surface area (TPSA) is 105 Å². The van der Waals surface area contributed by atoms with Gasteiger partial charge in [-0.1, -0.05) is 49.4 Å². The van der Waals surface area contributed by atoms with Gasteiger partial charge in [-0.2, -0.15) is 0 Å². The van der Waals surface area contributed by atoms with Crippen LogP contribution in [-0.2, 0) is 30.3 Å². The zero-order valence-corrected chi connectivity index (χ0v) is 26.0. The van der Waals surface area contributed by atoms with E-state index in [2.05, 4.69) is 34.4 Å². The number of carbonyl (C=O) groups excluding carboxylic acids is 2. The summed E-state index contributed by atoms with van der Waals surface area (Å²) in [5.41, 5.74) is 0.724. The van der Waals surface area contributed by atoms with Gasteiger partial charge in [0.15, 0.2) is 22.6 Å². The largest absolute Gasteiger partial charge is 1.00 e. The van der Waals surface area contributed by atoms with E-state index >= 15 is 0 Å². The van der Waals surface area contributed by atoms with Gasteiger partial charge in [-0.05, 0) is 26.7 Å². The Morgan fingerprint density at radius 2 is 1.22 bits per heavy atom. The zero-order valence-electron chi connectivity index (χ0n) is 21.2. The normalized spacial score (nSPS) is 27.1. The van der Waals surface area contributed by atoms with E-state index in [0.717, 1.165) is 73.3 Å². The predicted molar refractivity (Wildman–Crippen MR) is 132 cm³/mol. The van der Waals surface area contributed by atoms with E-state index in [1.54, 1.807) is 22.7 Å². The van der Waals surface area contributed by atoms with Gasteiger partial charge in [0.1, 0.15) is 13.1 Å². The van der Waals surface area contributed by atoms with Crippen molar-refractivity contribution in [2.75, 3.05) is 23.7 Å². The molecule has 4 N–H and O–H groups in total. The molecule has 2 aromatic rings. The molecule has 2 aliphatic heterocycles. The second kappa shape index (κ2) is 13.0. The van der Waals surface area contributed by atoms with Gasteiger partial charge in [-0.3, -0.25) is 20.2 Å². The predicted octanol–water partition coefficient (Wildman–Crippen LogP) is -1.87. The Labute approximate surface area is 241 Å².